The highest BCUT2D eigenvalue weighted by atomic mass is 32.1. The molecule has 5 N–H and O–H groups in total. The molecule has 182 valence electrons. The molecule has 0 unspecified atom stereocenters. The zero-order valence-corrected chi connectivity index (χ0v) is 19.4. The highest BCUT2D eigenvalue weighted by Gasteiger charge is 2.36. The van der Waals surface area contributed by atoms with Crippen molar-refractivity contribution in [3.05, 3.63) is 76.5 Å². The minimum atomic E-state index is -1.35. The molecule has 3 aromatic rings. The molecular weight excluding hydrogens is 477 g/mol. The number of halogens is 1. The molecule has 0 bridgehead atoms. The van der Waals surface area contributed by atoms with Crippen molar-refractivity contribution in [2.45, 2.75) is 13.0 Å². The Labute approximate surface area is 203 Å². The Morgan fingerprint density at radius 1 is 1.11 bits per heavy atom. The number of rotatable bonds is 9. The van der Waals surface area contributed by atoms with E-state index in [-0.39, 0.29) is 28.4 Å². The number of nitrogen functional groups attached to an aromatic ring is 1. The zero-order valence-electron chi connectivity index (χ0n) is 18.6. The Hall–Kier alpha value is -4.32. The van der Waals surface area contributed by atoms with Crippen molar-refractivity contribution in [2.24, 2.45) is 5.73 Å². The van der Waals surface area contributed by atoms with E-state index in [0.717, 1.165) is 17.0 Å². The predicted molar refractivity (Wildman–Crippen MR) is 127 cm³/mol. The largest absolute Gasteiger partial charge is 0.465 e. The first-order valence-corrected chi connectivity index (χ1v) is 11.1. The third-order valence-corrected chi connectivity index (χ3v) is 5.66. The number of nitrogens with one attached hydrogen (secondary N) is 1. The van der Waals surface area contributed by atoms with Crippen LogP contribution in [0, 0.1) is 5.82 Å². The number of hydrogen-bond acceptors (Lipinski definition) is 8. The molecule has 1 aromatic heterocycles. The van der Waals surface area contributed by atoms with Gasteiger partial charge in [0.05, 0.1) is 12.3 Å². The Kier molecular flexibility index (Phi) is 8.10. The molecule has 0 spiro atoms. The Bertz CT molecular complexity index is 1230. The summed E-state index contributed by atoms with van der Waals surface area (Å²) in [6, 6.07) is 11.8. The fraction of sp³-hybridized carbons (Fsp3) is 0.174. The normalized spacial score (nSPS) is 11.4. The van der Waals surface area contributed by atoms with Crippen LogP contribution in [0.5, 0.6) is 0 Å². The van der Waals surface area contributed by atoms with Crippen LogP contribution in [0.3, 0.4) is 0 Å². The van der Waals surface area contributed by atoms with Crippen LogP contribution < -0.4 is 21.7 Å². The molecule has 0 aliphatic heterocycles. The summed E-state index contributed by atoms with van der Waals surface area (Å²) in [7, 11) is 0. The molecule has 0 saturated carbocycles. The Balaban J connectivity index is 2.12. The third-order valence-electron chi connectivity index (χ3n) is 4.81. The SMILES string of the molecule is CCOC(=O)CNC(=O)[C@@H](c1ccc(F)cc1)N(C(=O)c1snc(C(N)=O)c1N)c1ccccc1. The van der Waals surface area contributed by atoms with Crippen LogP contribution in [-0.4, -0.2) is 41.2 Å². The number of nitrogens with two attached hydrogens (primary N) is 2. The van der Waals surface area contributed by atoms with Crippen LogP contribution in [0.2, 0.25) is 0 Å². The maximum atomic E-state index is 13.7. The number of nitrogens with zero attached hydrogens (tertiary/aromatic N) is 2. The summed E-state index contributed by atoms with van der Waals surface area (Å²) in [4.78, 5) is 51.6. The zero-order chi connectivity index (χ0) is 25.5. The Morgan fingerprint density at radius 3 is 2.34 bits per heavy atom. The lowest BCUT2D eigenvalue weighted by atomic mass is 10.0. The summed E-state index contributed by atoms with van der Waals surface area (Å²) in [6.45, 7) is 1.30. The summed E-state index contributed by atoms with van der Waals surface area (Å²) in [5.41, 5.74) is 11.3. The lowest BCUT2D eigenvalue weighted by Crippen LogP contribution is -2.45. The van der Waals surface area contributed by atoms with Gasteiger partial charge in [-0.1, -0.05) is 30.3 Å². The third kappa shape index (κ3) is 5.79. The van der Waals surface area contributed by atoms with Gasteiger partial charge in [-0.15, -0.1) is 0 Å². The van der Waals surface area contributed by atoms with Gasteiger partial charge < -0.3 is 21.5 Å². The van der Waals surface area contributed by atoms with E-state index >= 15 is 0 Å². The minimum Gasteiger partial charge on any atom is -0.465 e. The second-order valence-electron chi connectivity index (χ2n) is 7.13. The summed E-state index contributed by atoms with van der Waals surface area (Å²) >= 11 is 0.654. The van der Waals surface area contributed by atoms with Gasteiger partial charge in [-0.3, -0.25) is 24.1 Å². The molecule has 0 fully saturated rings. The first-order chi connectivity index (χ1) is 16.7. The van der Waals surface area contributed by atoms with E-state index in [4.69, 9.17) is 16.2 Å². The maximum absolute atomic E-state index is 13.7. The average Bonchev–Trinajstić information content (AvgIpc) is 3.23. The molecule has 0 radical (unpaired) electrons. The topological polar surface area (TPSA) is 158 Å². The predicted octanol–water partition coefficient (Wildman–Crippen LogP) is 2.03. The van der Waals surface area contributed by atoms with Crippen LogP contribution in [0.15, 0.2) is 54.6 Å². The van der Waals surface area contributed by atoms with Gasteiger partial charge >= 0.3 is 5.97 Å². The highest BCUT2D eigenvalue weighted by molar-refractivity contribution is 7.09. The van der Waals surface area contributed by atoms with Gasteiger partial charge in [0.1, 0.15) is 23.3 Å². The molecule has 3 amide bonds. The van der Waals surface area contributed by atoms with Gasteiger partial charge in [0.15, 0.2) is 5.69 Å². The molecule has 0 saturated heterocycles. The van der Waals surface area contributed by atoms with Gasteiger partial charge in [0, 0.05) is 5.69 Å². The number of primary amides is 1. The highest BCUT2D eigenvalue weighted by Crippen LogP contribution is 2.33. The second kappa shape index (κ2) is 11.2. The van der Waals surface area contributed by atoms with Gasteiger partial charge in [-0.2, -0.15) is 4.37 Å². The first-order valence-electron chi connectivity index (χ1n) is 10.4. The molecule has 1 atom stereocenters. The van der Waals surface area contributed by atoms with E-state index in [1.165, 1.54) is 12.1 Å². The molecule has 0 aliphatic rings. The smallest absolute Gasteiger partial charge is 0.325 e. The minimum absolute atomic E-state index is 0.118. The van der Waals surface area contributed by atoms with Gasteiger partial charge in [0.2, 0.25) is 5.91 Å². The molecular formula is C23H22FN5O5S. The van der Waals surface area contributed by atoms with E-state index in [0.29, 0.717) is 17.2 Å². The van der Waals surface area contributed by atoms with Crippen LogP contribution in [0.25, 0.3) is 0 Å². The number of ether oxygens (including phenoxy) is 1. The number of carbonyl (C=O) groups excluding carboxylic acids is 4. The fourth-order valence-corrected chi connectivity index (χ4v) is 3.98. The van der Waals surface area contributed by atoms with E-state index in [1.54, 1.807) is 37.3 Å². The summed E-state index contributed by atoms with van der Waals surface area (Å²) in [6.07, 6.45) is 0. The summed E-state index contributed by atoms with van der Waals surface area (Å²) in [5.74, 6) is -3.62. The number of aromatic nitrogens is 1. The summed E-state index contributed by atoms with van der Waals surface area (Å²) < 4.78 is 22.4. The van der Waals surface area contributed by atoms with Gasteiger partial charge in [0.25, 0.3) is 11.8 Å². The molecule has 0 aliphatic carbocycles. The van der Waals surface area contributed by atoms with E-state index < -0.39 is 42.1 Å². The molecule has 12 heteroatoms. The number of carbonyl (C=O) groups is 4. The average molecular weight is 500 g/mol. The maximum Gasteiger partial charge on any atom is 0.325 e. The lowest BCUT2D eigenvalue weighted by molar-refractivity contribution is -0.143. The number of benzene rings is 2. The first kappa shape index (κ1) is 25.3. The van der Waals surface area contributed by atoms with Gasteiger partial charge in [-0.25, -0.2) is 4.39 Å². The van der Waals surface area contributed by atoms with Crippen molar-refractivity contribution in [1.82, 2.24) is 9.69 Å². The number of anilines is 2. The lowest BCUT2D eigenvalue weighted by Gasteiger charge is -2.31. The van der Waals surface area contributed by atoms with Gasteiger partial charge in [-0.05, 0) is 48.3 Å². The molecule has 1 heterocycles. The molecule has 2 aromatic carbocycles. The number of para-hydroxylation sites is 1. The van der Waals surface area contributed by atoms with Crippen LogP contribution >= 0.6 is 11.5 Å². The fourth-order valence-electron chi connectivity index (χ4n) is 3.24. The quantitative estimate of drug-likeness (QED) is 0.380. The number of esters is 1. The standard InChI is InChI=1S/C23H22FN5O5S/c1-2-34-16(30)12-27-22(32)19(13-8-10-14(24)11-9-13)29(15-6-4-3-5-7-15)23(33)20-17(25)18(21(26)31)28-35-20/h3-11,19H,2,12,25H2,1H3,(H2,26,31)(H,27,32)/t19-/m1/s1. The van der Waals surface area contributed by atoms with E-state index in [9.17, 15) is 23.6 Å². The monoisotopic (exact) mass is 499 g/mol. The van der Waals surface area contributed by atoms with E-state index in [1.807, 2.05) is 0 Å². The van der Waals surface area contributed by atoms with Crippen LogP contribution in [0.1, 0.15) is 38.7 Å². The molecule has 35 heavy (non-hydrogen) atoms. The molecule has 10 nitrogen and oxygen atoms in total. The molecule has 3 rings (SSSR count). The van der Waals surface area contributed by atoms with Crippen LogP contribution in [0.4, 0.5) is 15.8 Å². The number of hydrogen-bond donors (Lipinski definition) is 3. The Morgan fingerprint density at radius 2 is 1.77 bits per heavy atom. The van der Waals surface area contributed by atoms with Crippen molar-refractivity contribution < 1.29 is 28.3 Å². The number of amides is 3. The van der Waals surface area contributed by atoms with Crippen molar-refractivity contribution in [3.8, 4) is 0 Å². The van der Waals surface area contributed by atoms with Crippen molar-refractivity contribution in [3.63, 3.8) is 0 Å². The van der Waals surface area contributed by atoms with E-state index in [2.05, 4.69) is 9.69 Å². The summed E-state index contributed by atoms with van der Waals surface area (Å²) in [5, 5.41) is 2.46. The van der Waals surface area contributed by atoms with Crippen molar-refractivity contribution >= 4 is 46.6 Å². The van der Waals surface area contributed by atoms with Crippen LogP contribution in [-0.2, 0) is 14.3 Å². The van der Waals surface area contributed by atoms with Crippen molar-refractivity contribution in [1.29, 1.82) is 0 Å². The second-order valence-corrected chi connectivity index (χ2v) is 7.90. The van der Waals surface area contributed by atoms with Crippen molar-refractivity contribution in [2.75, 3.05) is 23.8 Å².